The number of likely N-dealkylation sites (tertiary alicyclic amines) is 1. The third-order valence-corrected chi connectivity index (χ3v) is 2.81. The molecule has 1 rings (SSSR count). The Bertz CT molecular complexity index is 139. The molecule has 2 nitrogen and oxygen atoms in total. The van der Waals surface area contributed by atoms with Crippen molar-refractivity contribution in [1.82, 2.24) is 10.2 Å². The number of nitrogens with zero attached hydrogens (tertiary/aromatic N) is 1. The van der Waals surface area contributed by atoms with Crippen molar-refractivity contribution in [2.45, 2.75) is 33.6 Å². The van der Waals surface area contributed by atoms with Crippen molar-refractivity contribution in [3.63, 3.8) is 0 Å². The summed E-state index contributed by atoms with van der Waals surface area (Å²) in [6.07, 6.45) is 2.82. The van der Waals surface area contributed by atoms with Crippen LogP contribution in [0.15, 0.2) is 0 Å². The van der Waals surface area contributed by atoms with Gasteiger partial charge in [-0.1, -0.05) is 20.8 Å². The Morgan fingerprint density at radius 3 is 2.29 bits per heavy atom. The first-order valence-electron chi connectivity index (χ1n) is 6.11. The van der Waals surface area contributed by atoms with Crippen molar-refractivity contribution in [3.05, 3.63) is 0 Å². The maximum Gasteiger partial charge on any atom is 0.00191 e. The minimum atomic E-state index is 0.772. The summed E-state index contributed by atoms with van der Waals surface area (Å²) in [6, 6.07) is 0. The molecule has 1 saturated heterocycles. The summed E-state index contributed by atoms with van der Waals surface area (Å²) >= 11 is 0. The second-order valence-electron chi connectivity index (χ2n) is 5.16. The summed E-state index contributed by atoms with van der Waals surface area (Å²) in [5.41, 5.74) is 0. The molecule has 0 bridgehead atoms. The van der Waals surface area contributed by atoms with Crippen molar-refractivity contribution < 1.29 is 0 Å². The molecule has 1 fully saturated rings. The van der Waals surface area contributed by atoms with Gasteiger partial charge in [0.05, 0.1) is 0 Å². The van der Waals surface area contributed by atoms with Crippen molar-refractivity contribution in [2.24, 2.45) is 11.8 Å². The van der Waals surface area contributed by atoms with Gasteiger partial charge in [-0.15, -0.1) is 0 Å². The Morgan fingerprint density at radius 2 is 1.71 bits per heavy atom. The van der Waals surface area contributed by atoms with E-state index in [4.69, 9.17) is 0 Å². The summed E-state index contributed by atoms with van der Waals surface area (Å²) in [5, 5.41) is 3.53. The highest BCUT2D eigenvalue weighted by Gasteiger charge is 2.14. The molecule has 1 unspecified atom stereocenters. The van der Waals surface area contributed by atoms with Crippen molar-refractivity contribution in [3.8, 4) is 0 Å². The average Bonchev–Trinajstić information content (AvgIpc) is 2.56. The number of hydrogen-bond donors (Lipinski definition) is 1. The molecular weight excluding hydrogens is 172 g/mol. The quantitative estimate of drug-likeness (QED) is 0.702. The molecule has 1 aliphatic rings. The Balaban J connectivity index is 2.00. The van der Waals surface area contributed by atoms with Gasteiger partial charge in [0.1, 0.15) is 0 Å². The fourth-order valence-electron chi connectivity index (χ4n) is 2.09. The lowest BCUT2D eigenvalue weighted by atomic mass is 10.1. The van der Waals surface area contributed by atoms with Gasteiger partial charge in [0.2, 0.25) is 0 Å². The molecule has 1 heterocycles. The first-order chi connectivity index (χ1) is 6.68. The van der Waals surface area contributed by atoms with Gasteiger partial charge in [0.15, 0.2) is 0 Å². The Morgan fingerprint density at radius 1 is 1.07 bits per heavy atom. The van der Waals surface area contributed by atoms with E-state index in [0.717, 1.165) is 18.4 Å². The molecule has 14 heavy (non-hydrogen) atoms. The van der Waals surface area contributed by atoms with Crippen LogP contribution >= 0.6 is 0 Å². The lowest BCUT2D eigenvalue weighted by Crippen LogP contribution is -2.32. The lowest BCUT2D eigenvalue weighted by Gasteiger charge is -2.20. The maximum absolute atomic E-state index is 3.53. The monoisotopic (exact) mass is 198 g/mol. The molecule has 2 heteroatoms. The third-order valence-electron chi connectivity index (χ3n) is 2.81. The summed E-state index contributed by atoms with van der Waals surface area (Å²) in [4.78, 5) is 2.60. The van der Waals surface area contributed by atoms with Crippen LogP contribution in [0.25, 0.3) is 0 Å². The van der Waals surface area contributed by atoms with E-state index in [1.807, 2.05) is 0 Å². The zero-order valence-electron chi connectivity index (χ0n) is 10.1. The SMILES string of the molecule is CC(C)CNCC(C)CN1CCCC1. The maximum atomic E-state index is 3.53. The van der Waals surface area contributed by atoms with Crippen LogP contribution in [-0.4, -0.2) is 37.6 Å². The largest absolute Gasteiger partial charge is 0.316 e. The van der Waals surface area contributed by atoms with Crippen molar-refractivity contribution >= 4 is 0 Å². The molecule has 0 aromatic heterocycles. The normalized spacial score (nSPS) is 20.6. The Hall–Kier alpha value is -0.0800. The van der Waals surface area contributed by atoms with Gasteiger partial charge >= 0.3 is 0 Å². The highest BCUT2D eigenvalue weighted by atomic mass is 15.1. The molecule has 1 aliphatic heterocycles. The lowest BCUT2D eigenvalue weighted by molar-refractivity contribution is 0.281. The van der Waals surface area contributed by atoms with Crippen LogP contribution in [0.1, 0.15) is 33.6 Å². The zero-order valence-corrected chi connectivity index (χ0v) is 10.1. The van der Waals surface area contributed by atoms with Crippen LogP contribution in [-0.2, 0) is 0 Å². The highest BCUT2D eigenvalue weighted by molar-refractivity contribution is 4.70. The van der Waals surface area contributed by atoms with E-state index >= 15 is 0 Å². The van der Waals surface area contributed by atoms with Gasteiger partial charge in [-0.3, -0.25) is 0 Å². The highest BCUT2D eigenvalue weighted by Crippen LogP contribution is 2.09. The molecule has 1 N–H and O–H groups in total. The topological polar surface area (TPSA) is 15.3 Å². The van der Waals surface area contributed by atoms with E-state index in [1.54, 1.807) is 0 Å². The van der Waals surface area contributed by atoms with Crippen molar-refractivity contribution in [1.29, 1.82) is 0 Å². The van der Waals surface area contributed by atoms with Gasteiger partial charge in [-0.2, -0.15) is 0 Å². The van der Waals surface area contributed by atoms with Crippen LogP contribution in [0.5, 0.6) is 0 Å². The van der Waals surface area contributed by atoms with Gasteiger partial charge in [-0.05, 0) is 50.9 Å². The molecule has 0 saturated carbocycles. The van der Waals surface area contributed by atoms with Crippen LogP contribution in [0.3, 0.4) is 0 Å². The predicted octanol–water partition coefficient (Wildman–Crippen LogP) is 1.96. The predicted molar refractivity (Wildman–Crippen MR) is 62.5 cm³/mol. The zero-order chi connectivity index (χ0) is 10.4. The van der Waals surface area contributed by atoms with E-state index in [0.29, 0.717) is 0 Å². The summed E-state index contributed by atoms with van der Waals surface area (Å²) in [6.45, 7) is 13.1. The third kappa shape index (κ3) is 4.97. The second-order valence-corrected chi connectivity index (χ2v) is 5.16. The molecule has 84 valence electrons. The Kier molecular flexibility index (Phi) is 5.49. The summed E-state index contributed by atoms with van der Waals surface area (Å²) < 4.78 is 0. The van der Waals surface area contributed by atoms with E-state index in [2.05, 4.69) is 31.0 Å². The van der Waals surface area contributed by atoms with Crippen LogP contribution in [0.2, 0.25) is 0 Å². The summed E-state index contributed by atoms with van der Waals surface area (Å²) in [7, 11) is 0. The molecule has 0 aliphatic carbocycles. The molecular formula is C12H26N2. The molecule has 0 spiro atoms. The number of rotatable bonds is 6. The fraction of sp³-hybridized carbons (Fsp3) is 1.00. The number of hydrogen-bond acceptors (Lipinski definition) is 2. The standard InChI is InChI=1S/C12H26N2/c1-11(2)8-13-9-12(3)10-14-6-4-5-7-14/h11-13H,4-10H2,1-3H3. The average molecular weight is 198 g/mol. The van der Waals surface area contributed by atoms with E-state index < -0.39 is 0 Å². The van der Waals surface area contributed by atoms with Crippen LogP contribution < -0.4 is 5.32 Å². The van der Waals surface area contributed by atoms with Crippen LogP contribution in [0.4, 0.5) is 0 Å². The Labute approximate surface area is 89.1 Å². The van der Waals surface area contributed by atoms with Gasteiger partial charge in [0, 0.05) is 6.54 Å². The second kappa shape index (κ2) is 6.41. The van der Waals surface area contributed by atoms with E-state index in [1.165, 1.54) is 39.0 Å². The smallest absolute Gasteiger partial charge is 0.00191 e. The minimum Gasteiger partial charge on any atom is -0.316 e. The molecule has 0 aromatic rings. The van der Waals surface area contributed by atoms with Gasteiger partial charge in [0.25, 0.3) is 0 Å². The van der Waals surface area contributed by atoms with Crippen molar-refractivity contribution in [2.75, 3.05) is 32.7 Å². The molecule has 1 atom stereocenters. The van der Waals surface area contributed by atoms with Gasteiger partial charge < -0.3 is 10.2 Å². The van der Waals surface area contributed by atoms with Crippen LogP contribution in [0, 0.1) is 11.8 Å². The first-order valence-corrected chi connectivity index (χ1v) is 6.11. The fourth-order valence-corrected chi connectivity index (χ4v) is 2.09. The molecule has 0 radical (unpaired) electrons. The van der Waals surface area contributed by atoms with E-state index in [-0.39, 0.29) is 0 Å². The number of nitrogens with one attached hydrogen (secondary N) is 1. The minimum absolute atomic E-state index is 0.772. The molecule has 0 amide bonds. The summed E-state index contributed by atoms with van der Waals surface area (Å²) in [5.74, 6) is 1.57. The first kappa shape index (κ1) is 12.0. The van der Waals surface area contributed by atoms with Gasteiger partial charge in [-0.25, -0.2) is 0 Å². The van der Waals surface area contributed by atoms with E-state index in [9.17, 15) is 0 Å². The molecule has 0 aromatic carbocycles.